The molecule has 1 N–H and O–H groups in total. The lowest BCUT2D eigenvalue weighted by Gasteiger charge is -2.39. The van der Waals surface area contributed by atoms with E-state index in [1.54, 1.807) is 0 Å². The van der Waals surface area contributed by atoms with Gasteiger partial charge in [0, 0.05) is 45.2 Å². The van der Waals surface area contributed by atoms with Crippen molar-refractivity contribution in [3.63, 3.8) is 0 Å². The molecule has 8 nitrogen and oxygen atoms in total. The van der Waals surface area contributed by atoms with Crippen molar-refractivity contribution >= 4 is 28.7 Å². The SMILES string of the molecule is CC[C@H]1CN(Cc2ccc3onc(N4CCC(=O)NC4=O)c3c2)CCN1C. The second kappa shape index (κ2) is 7.28. The van der Waals surface area contributed by atoms with Crippen molar-refractivity contribution in [1.82, 2.24) is 20.3 Å². The van der Waals surface area contributed by atoms with Crippen molar-refractivity contribution in [1.29, 1.82) is 0 Å². The van der Waals surface area contributed by atoms with Crippen LogP contribution in [0.4, 0.5) is 10.6 Å². The average Bonchev–Trinajstić information content (AvgIpc) is 3.06. The van der Waals surface area contributed by atoms with Crippen molar-refractivity contribution in [2.45, 2.75) is 32.4 Å². The number of aromatic nitrogens is 1. The van der Waals surface area contributed by atoms with Crippen molar-refractivity contribution in [3.8, 4) is 0 Å². The Bertz CT molecular complexity index is 864. The van der Waals surface area contributed by atoms with E-state index >= 15 is 0 Å². The number of carbonyl (C=O) groups is 2. The summed E-state index contributed by atoms with van der Waals surface area (Å²) >= 11 is 0. The first-order valence-corrected chi connectivity index (χ1v) is 9.47. The molecule has 1 aromatic carbocycles. The molecule has 3 heterocycles. The highest BCUT2D eigenvalue weighted by atomic mass is 16.5. The zero-order valence-corrected chi connectivity index (χ0v) is 15.8. The van der Waals surface area contributed by atoms with Gasteiger partial charge in [0.15, 0.2) is 11.4 Å². The maximum absolute atomic E-state index is 12.1. The van der Waals surface area contributed by atoms with Gasteiger partial charge in [-0.2, -0.15) is 0 Å². The highest BCUT2D eigenvalue weighted by Crippen LogP contribution is 2.29. The van der Waals surface area contributed by atoms with Gasteiger partial charge in [0.2, 0.25) is 5.91 Å². The van der Waals surface area contributed by atoms with Gasteiger partial charge in [-0.05, 0) is 31.2 Å². The lowest BCUT2D eigenvalue weighted by Crippen LogP contribution is -2.50. The number of imide groups is 1. The van der Waals surface area contributed by atoms with Gasteiger partial charge in [-0.15, -0.1) is 0 Å². The Morgan fingerprint density at radius 1 is 1.26 bits per heavy atom. The highest BCUT2D eigenvalue weighted by molar-refractivity contribution is 6.08. The zero-order valence-electron chi connectivity index (χ0n) is 15.8. The minimum absolute atomic E-state index is 0.259. The number of hydrogen-bond donors (Lipinski definition) is 1. The number of rotatable bonds is 4. The summed E-state index contributed by atoms with van der Waals surface area (Å²) in [6.45, 7) is 6.56. The molecule has 0 bridgehead atoms. The summed E-state index contributed by atoms with van der Waals surface area (Å²) in [4.78, 5) is 29.9. The fourth-order valence-corrected chi connectivity index (χ4v) is 3.89. The van der Waals surface area contributed by atoms with E-state index in [9.17, 15) is 9.59 Å². The summed E-state index contributed by atoms with van der Waals surface area (Å²) in [5.74, 6) is 0.215. The first-order chi connectivity index (χ1) is 13.0. The van der Waals surface area contributed by atoms with Crippen LogP contribution in [0.25, 0.3) is 11.0 Å². The normalized spacial score (nSPS) is 22.4. The molecular formula is C19H25N5O3. The largest absolute Gasteiger partial charge is 0.354 e. The van der Waals surface area contributed by atoms with E-state index in [1.807, 2.05) is 12.1 Å². The molecule has 0 radical (unpaired) electrons. The van der Waals surface area contributed by atoms with Crippen LogP contribution >= 0.6 is 0 Å². The van der Waals surface area contributed by atoms with E-state index in [-0.39, 0.29) is 12.3 Å². The van der Waals surface area contributed by atoms with E-state index in [0.717, 1.165) is 38.0 Å². The summed E-state index contributed by atoms with van der Waals surface area (Å²) in [7, 11) is 2.19. The predicted molar refractivity (Wildman–Crippen MR) is 101 cm³/mol. The molecule has 2 fully saturated rings. The van der Waals surface area contributed by atoms with Gasteiger partial charge in [-0.25, -0.2) is 4.79 Å². The Labute approximate surface area is 158 Å². The van der Waals surface area contributed by atoms with E-state index in [2.05, 4.69) is 40.3 Å². The predicted octanol–water partition coefficient (Wildman–Crippen LogP) is 1.80. The minimum Gasteiger partial charge on any atom is -0.354 e. The maximum Gasteiger partial charge on any atom is 0.329 e. The summed E-state index contributed by atoms with van der Waals surface area (Å²) < 4.78 is 5.39. The first kappa shape index (κ1) is 17.9. The molecule has 8 heteroatoms. The minimum atomic E-state index is -0.447. The van der Waals surface area contributed by atoms with Crippen LogP contribution in [0.1, 0.15) is 25.3 Å². The number of piperazine rings is 1. The van der Waals surface area contributed by atoms with E-state index < -0.39 is 6.03 Å². The standard InChI is InChI=1S/C19H25N5O3/c1-3-14-12-23(9-8-22(14)2)11-13-4-5-16-15(10-13)18(21-27-16)24-7-6-17(25)20-19(24)26/h4-5,10,14H,3,6-9,11-12H2,1-2H3,(H,20,25,26)/t14-/m0/s1. The Kier molecular flexibility index (Phi) is 4.84. The van der Waals surface area contributed by atoms with Crippen LogP contribution in [0.3, 0.4) is 0 Å². The third kappa shape index (κ3) is 3.54. The fraction of sp³-hybridized carbons (Fsp3) is 0.526. The summed E-state index contributed by atoms with van der Waals surface area (Å²) in [5, 5.41) is 7.21. The molecule has 0 unspecified atom stereocenters. The van der Waals surface area contributed by atoms with Crippen molar-refractivity contribution in [2.24, 2.45) is 0 Å². The van der Waals surface area contributed by atoms with Crippen LogP contribution in [0.2, 0.25) is 0 Å². The smallest absolute Gasteiger partial charge is 0.329 e. The first-order valence-electron chi connectivity index (χ1n) is 9.47. The maximum atomic E-state index is 12.1. The molecule has 4 rings (SSSR count). The molecular weight excluding hydrogens is 346 g/mol. The monoisotopic (exact) mass is 371 g/mol. The van der Waals surface area contributed by atoms with Crippen LogP contribution < -0.4 is 10.2 Å². The van der Waals surface area contributed by atoms with Crippen LogP contribution in [-0.2, 0) is 11.3 Å². The molecule has 1 aromatic heterocycles. The molecule has 27 heavy (non-hydrogen) atoms. The molecule has 1 atom stereocenters. The second-order valence-electron chi connectivity index (χ2n) is 7.37. The third-order valence-corrected chi connectivity index (χ3v) is 5.56. The Hall–Kier alpha value is -2.45. The Morgan fingerprint density at radius 2 is 2.11 bits per heavy atom. The van der Waals surface area contributed by atoms with Gasteiger partial charge >= 0.3 is 6.03 Å². The number of benzene rings is 1. The third-order valence-electron chi connectivity index (χ3n) is 5.56. The number of anilines is 1. The van der Waals surface area contributed by atoms with Gasteiger partial charge in [0.05, 0.1) is 5.39 Å². The van der Waals surface area contributed by atoms with Gasteiger partial charge in [0.25, 0.3) is 0 Å². The average molecular weight is 371 g/mol. The second-order valence-corrected chi connectivity index (χ2v) is 7.37. The van der Waals surface area contributed by atoms with E-state index in [0.29, 0.717) is 24.0 Å². The molecule has 2 aromatic rings. The van der Waals surface area contributed by atoms with Crippen molar-refractivity contribution in [3.05, 3.63) is 23.8 Å². The number of nitrogens with zero attached hydrogens (tertiary/aromatic N) is 4. The number of nitrogens with one attached hydrogen (secondary N) is 1. The molecule has 2 saturated heterocycles. The summed E-state index contributed by atoms with van der Waals surface area (Å²) in [5.41, 5.74) is 1.81. The number of likely N-dealkylation sites (N-methyl/N-ethyl adjacent to an activating group) is 1. The van der Waals surface area contributed by atoms with Crippen LogP contribution in [0.5, 0.6) is 0 Å². The van der Waals surface area contributed by atoms with Crippen molar-refractivity contribution in [2.75, 3.05) is 38.1 Å². The molecule has 144 valence electrons. The molecule has 3 amide bonds. The molecule has 0 saturated carbocycles. The van der Waals surface area contributed by atoms with Gasteiger partial charge in [0.1, 0.15) is 0 Å². The Balaban J connectivity index is 1.55. The fourth-order valence-electron chi connectivity index (χ4n) is 3.89. The van der Waals surface area contributed by atoms with E-state index in [1.165, 1.54) is 10.5 Å². The lowest BCUT2D eigenvalue weighted by atomic mass is 10.1. The lowest BCUT2D eigenvalue weighted by molar-refractivity contribution is -0.120. The van der Waals surface area contributed by atoms with E-state index in [4.69, 9.17) is 4.52 Å². The number of amides is 3. The quantitative estimate of drug-likeness (QED) is 0.883. The number of urea groups is 1. The van der Waals surface area contributed by atoms with Crippen molar-refractivity contribution < 1.29 is 14.1 Å². The van der Waals surface area contributed by atoms with Crippen LogP contribution in [0, 0.1) is 0 Å². The summed E-state index contributed by atoms with van der Waals surface area (Å²) in [6, 6.07) is 6.14. The molecule has 2 aliphatic heterocycles. The van der Waals surface area contributed by atoms with Gasteiger partial charge in [-0.3, -0.25) is 19.9 Å². The van der Waals surface area contributed by atoms with Gasteiger partial charge < -0.3 is 9.42 Å². The zero-order chi connectivity index (χ0) is 19.0. The highest BCUT2D eigenvalue weighted by Gasteiger charge is 2.28. The molecule has 0 spiro atoms. The number of carbonyl (C=O) groups excluding carboxylic acids is 2. The topological polar surface area (TPSA) is 81.9 Å². The number of hydrogen-bond acceptors (Lipinski definition) is 6. The Morgan fingerprint density at radius 3 is 2.89 bits per heavy atom. The molecule has 0 aliphatic carbocycles. The van der Waals surface area contributed by atoms with Gasteiger partial charge in [-0.1, -0.05) is 18.1 Å². The number of fused-ring (bicyclic) bond motifs is 1. The molecule has 2 aliphatic rings. The van der Waals surface area contributed by atoms with Crippen LogP contribution in [-0.4, -0.2) is 66.2 Å². The van der Waals surface area contributed by atoms with Crippen LogP contribution in [0.15, 0.2) is 22.7 Å². The summed E-state index contributed by atoms with van der Waals surface area (Å²) in [6.07, 6.45) is 1.41.